The Labute approximate surface area is 123 Å². The molecule has 0 radical (unpaired) electrons. The molecule has 1 aliphatic rings. The lowest BCUT2D eigenvalue weighted by Gasteiger charge is -2.41. The molecule has 0 spiro atoms. The maximum absolute atomic E-state index is 12.4. The first-order valence-corrected chi connectivity index (χ1v) is 7.70. The average molecular weight is 379 g/mol. The molecule has 0 aromatic carbocycles. The van der Waals surface area contributed by atoms with Gasteiger partial charge in [-0.2, -0.15) is 0 Å². The molecule has 1 aromatic rings. The van der Waals surface area contributed by atoms with Gasteiger partial charge in [-0.1, -0.05) is 0 Å². The number of piperidine rings is 1. The summed E-state index contributed by atoms with van der Waals surface area (Å²) in [5, 5.41) is 11.2. The van der Waals surface area contributed by atoms with E-state index >= 15 is 0 Å². The molecule has 98 valence electrons. The van der Waals surface area contributed by atoms with Crippen molar-refractivity contribution in [2.24, 2.45) is 0 Å². The molecule has 18 heavy (non-hydrogen) atoms. The highest BCUT2D eigenvalue weighted by Crippen LogP contribution is 2.30. The van der Waals surface area contributed by atoms with Crippen molar-refractivity contribution in [2.45, 2.75) is 31.7 Å². The summed E-state index contributed by atoms with van der Waals surface area (Å²) < 4.78 is 1.03. The number of thiophene rings is 1. The van der Waals surface area contributed by atoms with Crippen molar-refractivity contribution in [1.29, 1.82) is 0 Å². The maximum atomic E-state index is 12.4. The van der Waals surface area contributed by atoms with Crippen LogP contribution in [0.4, 0.5) is 0 Å². The van der Waals surface area contributed by atoms with Crippen LogP contribution in [0.3, 0.4) is 0 Å². The summed E-state index contributed by atoms with van der Waals surface area (Å²) in [7, 11) is 0. The van der Waals surface area contributed by atoms with Crippen LogP contribution in [0.1, 0.15) is 36.5 Å². The molecule has 2 rings (SSSR count). The standard InChI is InChI=1S/C12H14INO3S/c1-12(11(16)17)4-2-3-5-14(12)10(15)8-6-9(13)18-7-8/h6-7H,2-5H2,1H3,(H,16,17). The highest BCUT2D eigenvalue weighted by atomic mass is 127. The number of amides is 1. The number of carboxylic acids is 1. The normalized spacial score (nSPS) is 24.0. The molecule has 1 atom stereocenters. The summed E-state index contributed by atoms with van der Waals surface area (Å²) >= 11 is 3.66. The van der Waals surface area contributed by atoms with E-state index in [1.165, 1.54) is 16.2 Å². The molecular formula is C12H14INO3S. The van der Waals surface area contributed by atoms with Gasteiger partial charge in [0.15, 0.2) is 0 Å². The molecule has 1 aliphatic heterocycles. The zero-order chi connectivity index (χ0) is 13.3. The molecule has 1 N–H and O–H groups in total. The fourth-order valence-corrected chi connectivity index (χ4v) is 3.57. The Bertz CT molecular complexity index is 487. The Hall–Kier alpha value is -0.630. The molecule has 1 amide bonds. The van der Waals surface area contributed by atoms with Crippen LogP contribution in [0.15, 0.2) is 11.4 Å². The van der Waals surface area contributed by atoms with Gasteiger partial charge in [0.25, 0.3) is 5.91 Å². The van der Waals surface area contributed by atoms with E-state index < -0.39 is 11.5 Å². The van der Waals surface area contributed by atoms with Crippen LogP contribution in [0.5, 0.6) is 0 Å². The molecule has 0 saturated carbocycles. The Morgan fingerprint density at radius 1 is 1.50 bits per heavy atom. The minimum Gasteiger partial charge on any atom is -0.480 e. The molecule has 6 heteroatoms. The first-order chi connectivity index (χ1) is 8.45. The summed E-state index contributed by atoms with van der Waals surface area (Å²) in [6.07, 6.45) is 2.25. The van der Waals surface area contributed by atoms with Gasteiger partial charge < -0.3 is 10.0 Å². The van der Waals surface area contributed by atoms with Gasteiger partial charge in [-0.25, -0.2) is 4.79 Å². The summed E-state index contributed by atoms with van der Waals surface area (Å²) in [5.74, 6) is -1.08. The molecular weight excluding hydrogens is 365 g/mol. The molecule has 0 aliphatic carbocycles. The third-order valence-corrected chi connectivity index (χ3v) is 5.20. The van der Waals surface area contributed by atoms with Gasteiger partial charge in [-0.05, 0) is 54.8 Å². The van der Waals surface area contributed by atoms with E-state index in [0.717, 1.165) is 15.7 Å². The Morgan fingerprint density at radius 2 is 2.22 bits per heavy atom. The van der Waals surface area contributed by atoms with Crippen LogP contribution in [0.2, 0.25) is 0 Å². The molecule has 1 fully saturated rings. The molecule has 1 aromatic heterocycles. The molecule has 0 bridgehead atoms. The zero-order valence-electron chi connectivity index (χ0n) is 9.98. The van der Waals surface area contributed by atoms with Crippen molar-refractivity contribution < 1.29 is 14.7 Å². The van der Waals surface area contributed by atoms with Crippen LogP contribution in [0, 0.1) is 2.88 Å². The SMILES string of the molecule is CC1(C(=O)O)CCCCN1C(=O)c1csc(I)c1. The highest BCUT2D eigenvalue weighted by Gasteiger charge is 2.44. The Morgan fingerprint density at radius 3 is 2.78 bits per heavy atom. The number of carbonyl (C=O) groups excluding carboxylic acids is 1. The van der Waals surface area contributed by atoms with Gasteiger partial charge in [0.2, 0.25) is 0 Å². The van der Waals surface area contributed by atoms with E-state index in [0.29, 0.717) is 18.5 Å². The quantitative estimate of drug-likeness (QED) is 0.805. The van der Waals surface area contributed by atoms with Crippen molar-refractivity contribution in [3.8, 4) is 0 Å². The monoisotopic (exact) mass is 379 g/mol. The Kier molecular flexibility index (Phi) is 3.96. The maximum Gasteiger partial charge on any atom is 0.329 e. The fraction of sp³-hybridized carbons (Fsp3) is 0.500. The second-order valence-electron chi connectivity index (χ2n) is 4.63. The van der Waals surface area contributed by atoms with Crippen molar-refractivity contribution in [3.05, 3.63) is 19.9 Å². The van der Waals surface area contributed by atoms with Gasteiger partial charge in [0.05, 0.1) is 8.45 Å². The third kappa shape index (κ3) is 2.40. The van der Waals surface area contributed by atoms with E-state index in [2.05, 4.69) is 22.6 Å². The number of carbonyl (C=O) groups is 2. The van der Waals surface area contributed by atoms with E-state index in [-0.39, 0.29) is 5.91 Å². The number of nitrogens with zero attached hydrogens (tertiary/aromatic N) is 1. The number of aliphatic carboxylic acids is 1. The van der Waals surface area contributed by atoms with E-state index in [4.69, 9.17) is 0 Å². The average Bonchev–Trinajstić information content (AvgIpc) is 2.75. The minimum atomic E-state index is -1.07. The lowest BCUT2D eigenvalue weighted by molar-refractivity contribution is -0.150. The summed E-state index contributed by atoms with van der Waals surface area (Å²) in [4.78, 5) is 25.3. The minimum absolute atomic E-state index is 0.168. The third-order valence-electron chi connectivity index (χ3n) is 3.41. The molecule has 4 nitrogen and oxygen atoms in total. The van der Waals surface area contributed by atoms with Crippen LogP contribution < -0.4 is 0 Å². The van der Waals surface area contributed by atoms with Crippen LogP contribution in [0.25, 0.3) is 0 Å². The van der Waals surface area contributed by atoms with Gasteiger partial charge in [-0.15, -0.1) is 11.3 Å². The number of hydrogen-bond acceptors (Lipinski definition) is 3. The highest BCUT2D eigenvalue weighted by molar-refractivity contribution is 14.1. The Balaban J connectivity index is 2.30. The molecule has 1 unspecified atom stereocenters. The van der Waals surface area contributed by atoms with Crippen molar-refractivity contribution in [3.63, 3.8) is 0 Å². The number of hydrogen-bond donors (Lipinski definition) is 1. The first kappa shape index (κ1) is 13.8. The number of likely N-dealkylation sites (tertiary alicyclic amines) is 1. The summed E-state index contributed by atoms with van der Waals surface area (Å²) in [6, 6.07) is 1.81. The smallest absolute Gasteiger partial charge is 0.329 e. The topological polar surface area (TPSA) is 57.6 Å². The first-order valence-electron chi connectivity index (χ1n) is 5.74. The van der Waals surface area contributed by atoms with Gasteiger partial charge >= 0.3 is 5.97 Å². The van der Waals surface area contributed by atoms with E-state index in [1.54, 1.807) is 12.3 Å². The largest absolute Gasteiger partial charge is 0.480 e. The lowest BCUT2D eigenvalue weighted by Crippen LogP contribution is -2.57. The molecule has 1 saturated heterocycles. The number of carboxylic acid groups (broad SMARTS) is 1. The second-order valence-corrected chi connectivity index (χ2v) is 7.44. The van der Waals surface area contributed by atoms with Crippen LogP contribution in [-0.2, 0) is 4.79 Å². The van der Waals surface area contributed by atoms with E-state index in [1.807, 2.05) is 6.07 Å². The van der Waals surface area contributed by atoms with Gasteiger partial charge in [-0.3, -0.25) is 4.79 Å². The van der Waals surface area contributed by atoms with Crippen molar-refractivity contribution in [1.82, 2.24) is 4.90 Å². The van der Waals surface area contributed by atoms with Gasteiger partial charge in [0.1, 0.15) is 5.54 Å². The van der Waals surface area contributed by atoms with Crippen molar-refractivity contribution >= 4 is 45.8 Å². The second kappa shape index (κ2) is 5.16. The summed E-state index contributed by atoms with van der Waals surface area (Å²) in [6.45, 7) is 2.16. The predicted octanol–water partition coefficient (Wildman–Crippen LogP) is 2.82. The number of rotatable bonds is 2. The fourth-order valence-electron chi connectivity index (χ4n) is 2.25. The lowest BCUT2D eigenvalue weighted by atomic mass is 9.88. The van der Waals surface area contributed by atoms with Crippen LogP contribution >= 0.6 is 33.9 Å². The molecule has 2 heterocycles. The zero-order valence-corrected chi connectivity index (χ0v) is 13.0. The van der Waals surface area contributed by atoms with Crippen LogP contribution in [-0.4, -0.2) is 34.0 Å². The van der Waals surface area contributed by atoms with Crippen molar-refractivity contribution in [2.75, 3.05) is 6.54 Å². The van der Waals surface area contributed by atoms with Gasteiger partial charge in [0, 0.05) is 11.9 Å². The number of halogens is 1. The van der Waals surface area contributed by atoms with E-state index in [9.17, 15) is 14.7 Å². The summed E-state index contributed by atoms with van der Waals surface area (Å²) in [5.41, 5.74) is -0.471. The predicted molar refractivity (Wildman–Crippen MR) is 78.0 cm³/mol.